The number of anilines is 1. The van der Waals surface area contributed by atoms with E-state index in [1.807, 2.05) is 0 Å². The van der Waals surface area contributed by atoms with Crippen LogP contribution in [0.1, 0.15) is 11.1 Å². The summed E-state index contributed by atoms with van der Waals surface area (Å²) in [4.78, 5) is 12.5. The first-order valence-corrected chi connectivity index (χ1v) is 6.61. The third-order valence-corrected chi connectivity index (χ3v) is 3.14. The number of halogens is 2. The second-order valence-corrected chi connectivity index (χ2v) is 4.76. The number of nitrogen functional groups attached to an aromatic ring is 1. The summed E-state index contributed by atoms with van der Waals surface area (Å²) in [5.41, 5.74) is 6.92. The molecular formula is C13H12Cl2N4O2. The molecule has 0 saturated heterocycles. The van der Waals surface area contributed by atoms with Crippen LogP contribution in [-0.4, -0.2) is 23.3 Å². The van der Waals surface area contributed by atoms with Crippen LogP contribution in [0.25, 0.3) is 0 Å². The standard InChI is InChI=1S/C13H12Cl2N4O2/c1-20-19-5-10-12(16)17-7-18-13(10)21-6-8-4-9(14)2-3-11(8)15/h2-5,7H,6H2,1H3,(H2,16,17,18)/b19-5-. The predicted octanol–water partition coefficient (Wildman–Crippen LogP) is 2.92. The molecule has 0 atom stereocenters. The Kier molecular flexibility index (Phi) is 5.19. The first-order valence-electron chi connectivity index (χ1n) is 5.85. The van der Waals surface area contributed by atoms with Crippen molar-refractivity contribution < 1.29 is 9.57 Å². The van der Waals surface area contributed by atoms with Gasteiger partial charge in [0.05, 0.1) is 6.21 Å². The fraction of sp³-hybridized carbons (Fsp3) is 0.154. The van der Waals surface area contributed by atoms with E-state index < -0.39 is 0 Å². The summed E-state index contributed by atoms with van der Waals surface area (Å²) in [5, 5.41) is 4.76. The maximum Gasteiger partial charge on any atom is 0.228 e. The molecule has 0 bridgehead atoms. The summed E-state index contributed by atoms with van der Waals surface area (Å²) >= 11 is 12.0. The van der Waals surface area contributed by atoms with E-state index in [2.05, 4.69) is 20.0 Å². The number of oxime groups is 1. The third kappa shape index (κ3) is 3.96. The highest BCUT2D eigenvalue weighted by atomic mass is 35.5. The van der Waals surface area contributed by atoms with Crippen molar-refractivity contribution in [3.8, 4) is 5.88 Å². The maximum absolute atomic E-state index is 6.07. The second-order valence-electron chi connectivity index (χ2n) is 3.92. The highest BCUT2D eigenvalue weighted by Crippen LogP contribution is 2.23. The summed E-state index contributed by atoms with van der Waals surface area (Å²) in [6.45, 7) is 0.184. The number of hydrogen-bond donors (Lipinski definition) is 1. The largest absolute Gasteiger partial charge is 0.472 e. The van der Waals surface area contributed by atoms with E-state index >= 15 is 0 Å². The molecule has 6 nitrogen and oxygen atoms in total. The van der Waals surface area contributed by atoms with E-state index in [4.69, 9.17) is 33.7 Å². The Labute approximate surface area is 131 Å². The Balaban J connectivity index is 2.22. The molecule has 0 radical (unpaired) electrons. The predicted molar refractivity (Wildman–Crippen MR) is 81.8 cm³/mol. The lowest BCUT2D eigenvalue weighted by atomic mass is 10.2. The molecule has 1 heterocycles. The molecule has 1 aromatic carbocycles. The maximum atomic E-state index is 6.07. The minimum Gasteiger partial charge on any atom is -0.472 e. The van der Waals surface area contributed by atoms with Gasteiger partial charge < -0.3 is 15.3 Å². The molecule has 1 aromatic heterocycles. The van der Waals surface area contributed by atoms with E-state index in [-0.39, 0.29) is 18.3 Å². The van der Waals surface area contributed by atoms with Gasteiger partial charge in [-0.05, 0) is 18.2 Å². The molecule has 0 saturated carbocycles. The van der Waals surface area contributed by atoms with Crippen LogP contribution in [0.4, 0.5) is 5.82 Å². The zero-order chi connectivity index (χ0) is 15.2. The smallest absolute Gasteiger partial charge is 0.228 e. The van der Waals surface area contributed by atoms with Gasteiger partial charge in [0, 0.05) is 15.6 Å². The fourth-order valence-corrected chi connectivity index (χ4v) is 1.90. The topological polar surface area (TPSA) is 82.6 Å². The van der Waals surface area contributed by atoms with Crippen LogP contribution in [0.2, 0.25) is 10.0 Å². The number of aromatic nitrogens is 2. The van der Waals surface area contributed by atoms with Crippen molar-refractivity contribution in [3.63, 3.8) is 0 Å². The number of hydrogen-bond acceptors (Lipinski definition) is 6. The van der Waals surface area contributed by atoms with Gasteiger partial charge in [0.15, 0.2) is 0 Å². The molecule has 2 N–H and O–H groups in total. The van der Waals surface area contributed by atoms with Crippen molar-refractivity contribution in [2.45, 2.75) is 6.61 Å². The van der Waals surface area contributed by atoms with E-state index in [0.29, 0.717) is 15.6 Å². The van der Waals surface area contributed by atoms with Crippen LogP contribution >= 0.6 is 23.2 Å². The first kappa shape index (κ1) is 15.3. The van der Waals surface area contributed by atoms with E-state index in [1.54, 1.807) is 18.2 Å². The van der Waals surface area contributed by atoms with Gasteiger partial charge in [0.1, 0.15) is 31.4 Å². The van der Waals surface area contributed by atoms with Crippen molar-refractivity contribution in [3.05, 3.63) is 45.7 Å². The van der Waals surface area contributed by atoms with Crippen molar-refractivity contribution in [2.24, 2.45) is 5.16 Å². The van der Waals surface area contributed by atoms with Gasteiger partial charge in [0.2, 0.25) is 5.88 Å². The van der Waals surface area contributed by atoms with Gasteiger partial charge in [-0.2, -0.15) is 0 Å². The minimum atomic E-state index is 0.184. The molecule has 110 valence electrons. The minimum absolute atomic E-state index is 0.184. The molecule has 21 heavy (non-hydrogen) atoms. The summed E-state index contributed by atoms with van der Waals surface area (Å²) in [7, 11) is 1.42. The molecule has 0 aliphatic heterocycles. The van der Waals surface area contributed by atoms with Crippen molar-refractivity contribution in [2.75, 3.05) is 12.8 Å². The Morgan fingerprint density at radius 1 is 1.33 bits per heavy atom. The van der Waals surface area contributed by atoms with Crippen molar-refractivity contribution in [1.82, 2.24) is 9.97 Å². The fourth-order valence-electron chi connectivity index (χ4n) is 1.53. The highest BCUT2D eigenvalue weighted by molar-refractivity contribution is 6.33. The molecule has 2 aromatic rings. The normalized spacial score (nSPS) is 10.8. The third-order valence-electron chi connectivity index (χ3n) is 2.54. The van der Waals surface area contributed by atoms with Gasteiger partial charge >= 0.3 is 0 Å². The summed E-state index contributed by atoms with van der Waals surface area (Å²) in [5.74, 6) is 0.511. The summed E-state index contributed by atoms with van der Waals surface area (Å²) in [6, 6.07) is 5.12. The molecule has 2 rings (SSSR count). The van der Waals surface area contributed by atoms with Crippen LogP contribution in [-0.2, 0) is 11.4 Å². The second kappa shape index (κ2) is 7.10. The lowest BCUT2D eigenvalue weighted by molar-refractivity contribution is 0.215. The molecule has 0 fully saturated rings. The molecule has 8 heteroatoms. The number of ether oxygens (including phenoxy) is 1. The van der Waals surface area contributed by atoms with Gasteiger partial charge in [-0.25, -0.2) is 9.97 Å². The Morgan fingerprint density at radius 3 is 2.90 bits per heavy atom. The number of benzene rings is 1. The lowest BCUT2D eigenvalue weighted by Gasteiger charge is -2.10. The zero-order valence-electron chi connectivity index (χ0n) is 11.1. The summed E-state index contributed by atoms with van der Waals surface area (Å²) in [6.07, 6.45) is 2.68. The van der Waals surface area contributed by atoms with Crippen LogP contribution in [0.15, 0.2) is 29.7 Å². The van der Waals surface area contributed by atoms with Gasteiger partial charge in [0.25, 0.3) is 0 Å². The van der Waals surface area contributed by atoms with Crippen molar-refractivity contribution >= 4 is 35.2 Å². The number of nitrogens with zero attached hydrogens (tertiary/aromatic N) is 3. The first-order chi connectivity index (χ1) is 10.1. The van der Waals surface area contributed by atoms with Crippen LogP contribution < -0.4 is 10.5 Å². The Morgan fingerprint density at radius 2 is 2.14 bits per heavy atom. The summed E-state index contributed by atoms with van der Waals surface area (Å²) < 4.78 is 5.62. The molecular weight excluding hydrogens is 315 g/mol. The van der Waals surface area contributed by atoms with Crippen LogP contribution in [0.3, 0.4) is 0 Å². The number of rotatable bonds is 5. The van der Waals surface area contributed by atoms with Crippen LogP contribution in [0.5, 0.6) is 5.88 Å². The molecule has 0 unspecified atom stereocenters. The average molecular weight is 327 g/mol. The van der Waals surface area contributed by atoms with Crippen LogP contribution in [0, 0.1) is 0 Å². The zero-order valence-corrected chi connectivity index (χ0v) is 12.6. The average Bonchev–Trinajstić information content (AvgIpc) is 2.47. The molecule has 0 aliphatic carbocycles. The Bertz CT molecular complexity index is 665. The highest BCUT2D eigenvalue weighted by Gasteiger charge is 2.10. The lowest BCUT2D eigenvalue weighted by Crippen LogP contribution is -2.05. The SMILES string of the molecule is CO/N=C\c1c(N)ncnc1OCc1cc(Cl)ccc1Cl. The Hall–Kier alpha value is -2.05. The number of nitrogens with two attached hydrogens (primary N) is 1. The molecule has 0 spiro atoms. The molecule has 0 aliphatic rings. The van der Waals surface area contributed by atoms with E-state index in [9.17, 15) is 0 Å². The van der Waals surface area contributed by atoms with Gasteiger partial charge in [-0.1, -0.05) is 28.4 Å². The monoisotopic (exact) mass is 326 g/mol. The van der Waals surface area contributed by atoms with Gasteiger partial charge in [-0.3, -0.25) is 0 Å². The van der Waals surface area contributed by atoms with Crippen molar-refractivity contribution in [1.29, 1.82) is 0 Å². The quantitative estimate of drug-likeness (QED) is 0.674. The van der Waals surface area contributed by atoms with E-state index in [0.717, 1.165) is 5.56 Å². The van der Waals surface area contributed by atoms with Gasteiger partial charge in [-0.15, -0.1) is 0 Å². The van der Waals surface area contributed by atoms with E-state index in [1.165, 1.54) is 19.7 Å². The molecule has 0 amide bonds.